The van der Waals surface area contributed by atoms with E-state index in [1.807, 2.05) is 0 Å². The number of hydrogen-bond donors (Lipinski definition) is 1. The summed E-state index contributed by atoms with van der Waals surface area (Å²) in [6.07, 6.45) is 7.59. The molecule has 3 rings (SSSR count). The Morgan fingerprint density at radius 3 is 2.29 bits per heavy atom. The van der Waals surface area contributed by atoms with Gasteiger partial charge in [-0.15, -0.1) is 0 Å². The van der Waals surface area contributed by atoms with E-state index in [0.717, 1.165) is 32.0 Å². The van der Waals surface area contributed by atoms with Crippen molar-refractivity contribution in [2.24, 2.45) is 5.92 Å². The lowest BCUT2D eigenvalue weighted by molar-refractivity contribution is 0.135. The average molecular weight is 353 g/mol. The first kappa shape index (κ1) is 17.7. The van der Waals surface area contributed by atoms with Crippen molar-refractivity contribution in [2.75, 3.05) is 26.7 Å². The van der Waals surface area contributed by atoms with Gasteiger partial charge in [-0.25, -0.2) is 13.1 Å². The monoisotopic (exact) mass is 352 g/mol. The zero-order valence-corrected chi connectivity index (χ0v) is 15.2. The van der Waals surface area contributed by atoms with Gasteiger partial charge in [0.2, 0.25) is 10.0 Å². The molecule has 6 heteroatoms. The third-order valence-corrected chi connectivity index (χ3v) is 6.86. The number of methoxy groups -OCH3 is 1. The molecule has 134 valence electrons. The van der Waals surface area contributed by atoms with E-state index in [1.165, 1.54) is 25.7 Å². The van der Waals surface area contributed by atoms with Gasteiger partial charge in [0.25, 0.3) is 0 Å². The van der Waals surface area contributed by atoms with Crippen LogP contribution in [0.1, 0.15) is 38.5 Å². The summed E-state index contributed by atoms with van der Waals surface area (Å²) < 4.78 is 32.6. The summed E-state index contributed by atoms with van der Waals surface area (Å²) in [5.41, 5.74) is 0. The van der Waals surface area contributed by atoms with Crippen molar-refractivity contribution in [1.29, 1.82) is 0 Å². The maximum Gasteiger partial charge on any atom is 0.240 e. The van der Waals surface area contributed by atoms with Gasteiger partial charge < -0.3 is 9.64 Å². The topological polar surface area (TPSA) is 58.6 Å². The summed E-state index contributed by atoms with van der Waals surface area (Å²) >= 11 is 0. The molecular weight excluding hydrogens is 324 g/mol. The van der Waals surface area contributed by atoms with E-state index in [4.69, 9.17) is 4.74 Å². The molecule has 0 amide bonds. The molecule has 1 aliphatic heterocycles. The van der Waals surface area contributed by atoms with Crippen LogP contribution in [-0.2, 0) is 10.0 Å². The van der Waals surface area contributed by atoms with E-state index in [0.29, 0.717) is 23.1 Å². The first-order valence-corrected chi connectivity index (χ1v) is 10.4. The number of sulfonamides is 1. The molecule has 0 atom stereocenters. The molecule has 0 radical (unpaired) electrons. The van der Waals surface area contributed by atoms with Gasteiger partial charge in [-0.1, -0.05) is 12.8 Å². The van der Waals surface area contributed by atoms with Crippen molar-refractivity contribution < 1.29 is 13.2 Å². The SMILES string of the molecule is COc1ccc(S(=O)(=O)NCC2CCN(C3CCCC3)CC2)cc1. The third-order valence-electron chi connectivity index (χ3n) is 5.42. The summed E-state index contributed by atoms with van der Waals surface area (Å²) in [5, 5.41) is 0. The number of ether oxygens (including phenoxy) is 1. The molecule has 5 nitrogen and oxygen atoms in total. The Kier molecular flexibility index (Phi) is 5.79. The maximum atomic E-state index is 12.4. The number of hydrogen-bond acceptors (Lipinski definition) is 4. The molecule has 0 unspecified atom stereocenters. The van der Waals surface area contributed by atoms with Gasteiger partial charge in [0.05, 0.1) is 12.0 Å². The van der Waals surface area contributed by atoms with Crippen LogP contribution < -0.4 is 9.46 Å². The quantitative estimate of drug-likeness (QED) is 0.855. The molecule has 1 aromatic carbocycles. The summed E-state index contributed by atoms with van der Waals surface area (Å²) in [7, 11) is -1.86. The van der Waals surface area contributed by atoms with Crippen LogP contribution in [0, 0.1) is 5.92 Å². The Labute approximate surface area is 145 Å². The van der Waals surface area contributed by atoms with Gasteiger partial charge in [-0.3, -0.25) is 0 Å². The molecule has 1 saturated heterocycles. The van der Waals surface area contributed by atoms with Crippen LogP contribution in [0.5, 0.6) is 5.75 Å². The van der Waals surface area contributed by atoms with Crippen molar-refractivity contribution in [2.45, 2.75) is 49.5 Å². The van der Waals surface area contributed by atoms with Crippen molar-refractivity contribution in [3.63, 3.8) is 0 Å². The lowest BCUT2D eigenvalue weighted by atomic mass is 9.96. The Morgan fingerprint density at radius 2 is 1.71 bits per heavy atom. The number of piperidine rings is 1. The molecule has 1 N–H and O–H groups in total. The van der Waals surface area contributed by atoms with E-state index < -0.39 is 10.0 Å². The molecule has 1 heterocycles. The maximum absolute atomic E-state index is 12.4. The number of nitrogens with one attached hydrogen (secondary N) is 1. The molecule has 0 spiro atoms. The molecule has 1 aliphatic carbocycles. The zero-order valence-electron chi connectivity index (χ0n) is 14.4. The number of likely N-dealkylation sites (tertiary alicyclic amines) is 1. The summed E-state index contributed by atoms with van der Waals surface area (Å²) in [6.45, 7) is 2.76. The first-order valence-electron chi connectivity index (χ1n) is 8.96. The van der Waals surface area contributed by atoms with E-state index in [1.54, 1.807) is 31.4 Å². The Hall–Kier alpha value is -1.11. The molecule has 24 heavy (non-hydrogen) atoms. The summed E-state index contributed by atoms with van der Waals surface area (Å²) in [4.78, 5) is 2.91. The van der Waals surface area contributed by atoms with Gasteiger partial charge >= 0.3 is 0 Å². The molecular formula is C18H28N2O3S. The lowest BCUT2D eigenvalue weighted by Gasteiger charge is -2.36. The van der Waals surface area contributed by atoms with Crippen LogP contribution in [0.25, 0.3) is 0 Å². The lowest BCUT2D eigenvalue weighted by Crippen LogP contribution is -2.42. The number of benzene rings is 1. The van der Waals surface area contributed by atoms with Crippen LogP contribution in [0.2, 0.25) is 0 Å². The zero-order chi connectivity index (χ0) is 17.0. The molecule has 0 aromatic heterocycles. The molecule has 1 aromatic rings. The fraction of sp³-hybridized carbons (Fsp3) is 0.667. The van der Waals surface area contributed by atoms with Gasteiger partial charge in [-0.05, 0) is 69.0 Å². The van der Waals surface area contributed by atoms with Crippen LogP contribution in [0.3, 0.4) is 0 Å². The smallest absolute Gasteiger partial charge is 0.240 e. The van der Waals surface area contributed by atoms with E-state index in [2.05, 4.69) is 9.62 Å². The predicted molar refractivity (Wildman–Crippen MR) is 94.7 cm³/mol. The van der Waals surface area contributed by atoms with Gasteiger partial charge in [0.15, 0.2) is 0 Å². The fourth-order valence-corrected chi connectivity index (χ4v) is 4.97. The molecule has 0 bridgehead atoms. The van der Waals surface area contributed by atoms with Crippen LogP contribution in [0.4, 0.5) is 0 Å². The number of nitrogens with zero attached hydrogens (tertiary/aromatic N) is 1. The Bertz CT molecular complexity index is 616. The minimum atomic E-state index is -3.43. The highest BCUT2D eigenvalue weighted by Crippen LogP contribution is 2.27. The van der Waals surface area contributed by atoms with Crippen molar-refractivity contribution in [3.05, 3.63) is 24.3 Å². The van der Waals surface area contributed by atoms with E-state index >= 15 is 0 Å². The van der Waals surface area contributed by atoms with Crippen LogP contribution >= 0.6 is 0 Å². The average Bonchev–Trinajstić information content (AvgIpc) is 3.15. The largest absolute Gasteiger partial charge is 0.497 e. The standard InChI is InChI=1S/C18H28N2O3S/c1-23-17-6-8-18(9-7-17)24(21,22)19-14-15-10-12-20(13-11-15)16-4-2-3-5-16/h6-9,15-16,19H,2-5,10-14H2,1H3. The highest BCUT2D eigenvalue weighted by molar-refractivity contribution is 7.89. The van der Waals surface area contributed by atoms with Crippen LogP contribution in [-0.4, -0.2) is 46.1 Å². The van der Waals surface area contributed by atoms with Crippen LogP contribution in [0.15, 0.2) is 29.2 Å². The molecule has 2 fully saturated rings. The van der Waals surface area contributed by atoms with E-state index in [-0.39, 0.29) is 0 Å². The first-order chi connectivity index (χ1) is 11.6. The third kappa shape index (κ3) is 4.29. The highest BCUT2D eigenvalue weighted by Gasteiger charge is 2.27. The summed E-state index contributed by atoms with van der Waals surface area (Å²) in [5.74, 6) is 1.10. The van der Waals surface area contributed by atoms with Crippen molar-refractivity contribution in [1.82, 2.24) is 9.62 Å². The van der Waals surface area contributed by atoms with Crippen molar-refractivity contribution in [3.8, 4) is 5.75 Å². The highest BCUT2D eigenvalue weighted by atomic mass is 32.2. The van der Waals surface area contributed by atoms with Gasteiger partial charge in [0.1, 0.15) is 5.75 Å². The normalized spacial score (nSPS) is 21.2. The Balaban J connectivity index is 1.48. The predicted octanol–water partition coefficient (Wildman–Crippen LogP) is 2.63. The van der Waals surface area contributed by atoms with Gasteiger partial charge in [-0.2, -0.15) is 0 Å². The van der Waals surface area contributed by atoms with Crippen molar-refractivity contribution >= 4 is 10.0 Å². The summed E-state index contributed by atoms with van der Waals surface area (Å²) in [6, 6.07) is 7.30. The minimum absolute atomic E-state index is 0.298. The van der Waals surface area contributed by atoms with Gasteiger partial charge in [0, 0.05) is 12.6 Å². The molecule has 2 aliphatic rings. The minimum Gasteiger partial charge on any atom is -0.497 e. The molecule has 1 saturated carbocycles. The van der Waals surface area contributed by atoms with E-state index in [9.17, 15) is 8.42 Å². The fourth-order valence-electron chi connectivity index (χ4n) is 3.86. The second-order valence-corrected chi connectivity index (χ2v) is 8.71. The Morgan fingerprint density at radius 1 is 1.08 bits per heavy atom. The number of rotatable bonds is 6. The second kappa shape index (κ2) is 7.85. The second-order valence-electron chi connectivity index (χ2n) is 6.95.